The number of aliphatic hydroxyl groups excluding tert-OH is 1. The van der Waals surface area contributed by atoms with Gasteiger partial charge >= 0.3 is 0 Å². The highest BCUT2D eigenvalue weighted by Gasteiger charge is 2.69. The molecule has 0 radical (unpaired) electrons. The molecule has 4 fully saturated rings. The second-order valence-electron chi connectivity index (χ2n) is 14.9. The fourth-order valence-corrected chi connectivity index (χ4v) is 11.7. The van der Waals surface area contributed by atoms with Crippen LogP contribution in [0.2, 0.25) is 0 Å². The van der Waals surface area contributed by atoms with Crippen molar-refractivity contribution in [1.82, 2.24) is 0 Å². The molecular formula is C31H52O. The van der Waals surface area contributed by atoms with Crippen LogP contribution in [0, 0.1) is 62.6 Å². The van der Waals surface area contributed by atoms with Crippen molar-refractivity contribution in [3.8, 4) is 0 Å². The van der Waals surface area contributed by atoms with E-state index in [0.717, 1.165) is 36.0 Å². The molecule has 0 aliphatic heterocycles. The summed E-state index contributed by atoms with van der Waals surface area (Å²) in [5.74, 6) is 4.86. The summed E-state index contributed by atoms with van der Waals surface area (Å²) < 4.78 is 0. The van der Waals surface area contributed by atoms with Gasteiger partial charge in [-0.1, -0.05) is 67.0 Å². The predicted octanol–water partition coefficient (Wildman–Crippen LogP) is 8.27. The Labute approximate surface area is 199 Å². The van der Waals surface area contributed by atoms with E-state index < -0.39 is 0 Å². The molecule has 0 saturated heterocycles. The van der Waals surface area contributed by atoms with E-state index in [1.165, 1.54) is 57.8 Å². The highest BCUT2D eigenvalue weighted by Crippen LogP contribution is 2.76. The molecule has 5 rings (SSSR count). The summed E-state index contributed by atoms with van der Waals surface area (Å²) >= 11 is 0. The molecule has 0 amide bonds. The second kappa shape index (κ2) is 7.35. The fourth-order valence-electron chi connectivity index (χ4n) is 11.7. The van der Waals surface area contributed by atoms with Gasteiger partial charge in [0.05, 0.1) is 0 Å². The Morgan fingerprint density at radius 2 is 1.56 bits per heavy atom. The Morgan fingerprint density at radius 1 is 0.844 bits per heavy atom. The Balaban J connectivity index is 1.51. The van der Waals surface area contributed by atoms with Gasteiger partial charge in [0.1, 0.15) is 0 Å². The lowest BCUT2D eigenvalue weighted by molar-refractivity contribution is -0.198. The van der Waals surface area contributed by atoms with Crippen LogP contribution in [-0.2, 0) is 0 Å². The third kappa shape index (κ3) is 2.85. The van der Waals surface area contributed by atoms with Gasteiger partial charge in [0, 0.05) is 6.61 Å². The normalized spacial score (nSPS) is 54.8. The molecule has 1 N–H and O–H groups in total. The van der Waals surface area contributed by atoms with Crippen molar-refractivity contribution in [1.29, 1.82) is 0 Å². The first-order valence-corrected chi connectivity index (χ1v) is 14.2. The Bertz CT molecular complexity index is 766. The molecule has 0 heterocycles. The van der Waals surface area contributed by atoms with Crippen molar-refractivity contribution in [3.63, 3.8) is 0 Å². The van der Waals surface area contributed by atoms with Crippen LogP contribution < -0.4 is 0 Å². The van der Waals surface area contributed by atoms with Crippen LogP contribution in [-0.4, -0.2) is 11.7 Å². The zero-order valence-corrected chi connectivity index (χ0v) is 22.3. The second-order valence-corrected chi connectivity index (χ2v) is 14.9. The summed E-state index contributed by atoms with van der Waals surface area (Å²) in [5, 5.41) is 9.60. The van der Waals surface area contributed by atoms with Gasteiger partial charge < -0.3 is 5.11 Å². The molecular weight excluding hydrogens is 388 g/mol. The first kappa shape index (κ1) is 23.4. The Hall–Kier alpha value is -0.300. The third-order valence-electron chi connectivity index (χ3n) is 13.5. The topological polar surface area (TPSA) is 20.2 Å². The smallest absolute Gasteiger partial charge is 0.0433 e. The molecule has 1 nitrogen and oxygen atoms in total. The predicted molar refractivity (Wildman–Crippen MR) is 135 cm³/mol. The van der Waals surface area contributed by atoms with Gasteiger partial charge in [0.15, 0.2) is 0 Å². The van der Waals surface area contributed by atoms with Crippen LogP contribution in [0.15, 0.2) is 12.2 Å². The first-order valence-electron chi connectivity index (χ1n) is 14.2. The summed E-state index contributed by atoms with van der Waals surface area (Å²) in [4.78, 5) is 0. The van der Waals surface area contributed by atoms with Crippen LogP contribution >= 0.6 is 0 Å². The lowest BCUT2D eigenvalue weighted by Crippen LogP contribution is -2.64. The van der Waals surface area contributed by atoms with E-state index in [1.54, 1.807) is 0 Å². The van der Waals surface area contributed by atoms with Crippen LogP contribution in [0.5, 0.6) is 0 Å². The maximum atomic E-state index is 9.60. The van der Waals surface area contributed by atoms with Gasteiger partial charge in [-0.15, -0.1) is 0 Å². The van der Waals surface area contributed by atoms with Crippen LogP contribution in [0.25, 0.3) is 0 Å². The lowest BCUT2D eigenvalue weighted by atomic mass is 9.33. The van der Waals surface area contributed by atoms with Crippen LogP contribution in [0.1, 0.15) is 113 Å². The van der Waals surface area contributed by atoms with Crippen molar-refractivity contribution < 1.29 is 5.11 Å². The minimum Gasteiger partial charge on any atom is -0.396 e. The standard InChI is InChI=1S/C31H52O/c1-21(14-20-32)22-11-17-28(4)23(22)12-18-30(6)25(28)9-10-26-29(5)16-8-15-27(2,3)24(29)13-19-31(26,30)7/h13,19,21-26,32H,8-12,14-18,20H2,1-7H3/t21?,22-,23+,24+,25-,26-,28+,29+,30-,31-/m1/s1. The van der Waals surface area contributed by atoms with E-state index in [1.807, 2.05) is 0 Å². The van der Waals surface area contributed by atoms with Gasteiger partial charge in [-0.2, -0.15) is 0 Å². The molecule has 32 heavy (non-hydrogen) atoms. The summed E-state index contributed by atoms with van der Waals surface area (Å²) in [6, 6.07) is 0. The molecule has 1 heteroatoms. The number of aliphatic hydroxyl groups is 1. The molecule has 10 atom stereocenters. The van der Waals surface area contributed by atoms with Crippen LogP contribution in [0.4, 0.5) is 0 Å². The molecule has 0 bridgehead atoms. The van der Waals surface area contributed by atoms with E-state index in [0.29, 0.717) is 39.6 Å². The Morgan fingerprint density at radius 3 is 2.28 bits per heavy atom. The molecule has 0 aromatic rings. The fraction of sp³-hybridized carbons (Fsp3) is 0.935. The largest absolute Gasteiger partial charge is 0.396 e. The monoisotopic (exact) mass is 440 g/mol. The molecule has 5 aliphatic rings. The van der Waals surface area contributed by atoms with E-state index >= 15 is 0 Å². The lowest BCUT2D eigenvalue weighted by Gasteiger charge is -2.71. The third-order valence-corrected chi connectivity index (χ3v) is 13.5. The number of allylic oxidation sites excluding steroid dienone is 2. The highest BCUT2D eigenvalue weighted by molar-refractivity contribution is 5.26. The van der Waals surface area contributed by atoms with E-state index in [4.69, 9.17) is 0 Å². The summed E-state index contributed by atoms with van der Waals surface area (Å²) in [6.07, 6.45) is 19.3. The van der Waals surface area contributed by atoms with E-state index in [2.05, 4.69) is 60.6 Å². The molecule has 182 valence electrons. The number of rotatable bonds is 3. The molecule has 5 aliphatic carbocycles. The van der Waals surface area contributed by atoms with Crippen molar-refractivity contribution >= 4 is 0 Å². The van der Waals surface area contributed by atoms with Crippen molar-refractivity contribution in [2.75, 3.05) is 6.61 Å². The zero-order valence-electron chi connectivity index (χ0n) is 22.3. The minimum absolute atomic E-state index is 0.345. The quantitative estimate of drug-likeness (QED) is 0.438. The Kier molecular flexibility index (Phi) is 5.38. The summed E-state index contributed by atoms with van der Waals surface area (Å²) in [7, 11) is 0. The van der Waals surface area contributed by atoms with E-state index in [9.17, 15) is 5.11 Å². The summed E-state index contributed by atoms with van der Waals surface area (Å²) in [5.41, 5.74) is 2.21. The van der Waals surface area contributed by atoms with Gasteiger partial charge in [0.2, 0.25) is 0 Å². The van der Waals surface area contributed by atoms with Gasteiger partial charge in [0.25, 0.3) is 0 Å². The molecule has 0 aromatic heterocycles. The van der Waals surface area contributed by atoms with Crippen molar-refractivity contribution in [3.05, 3.63) is 12.2 Å². The molecule has 0 spiro atoms. The number of fused-ring (bicyclic) bond motifs is 7. The number of hydrogen-bond acceptors (Lipinski definition) is 1. The van der Waals surface area contributed by atoms with Crippen LogP contribution in [0.3, 0.4) is 0 Å². The SMILES string of the molecule is CC(CCO)[C@H]1CC[C@]2(C)[C@H]3CC[C@@H]4[C@@]5(C)CCCC(C)(C)[C@@H]5C=C[C@@]4(C)[C@]3(C)CC[C@@H]12. The maximum absolute atomic E-state index is 9.60. The van der Waals surface area contributed by atoms with Crippen molar-refractivity contribution in [2.24, 2.45) is 62.6 Å². The first-order chi connectivity index (χ1) is 14.9. The highest BCUT2D eigenvalue weighted by atomic mass is 16.3. The van der Waals surface area contributed by atoms with Crippen molar-refractivity contribution in [2.45, 2.75) is 113 Å². The molecule has 0 aromatic carbocycles. The average Bonchev–Trinajstić information content (AvgIpc) is 3.05. The maximum Gasteiger partial charge on any atom is 0.0433 e. The molecule has 4 saturated carbocycles. The van der Waals surface area contributed by atoms with Gasteiger partial charge in [-0.25, -0.2) is 0 Å². The average molecular weight is 441 g/mol. The zero-order chi connectivity index (χ0) is 23.2. The molecule has 1 unspecified atom stereocenters. The number of hydrogen-bond donors (Lipinski definition) is 1. The summed E-state index contributed by atoms with van der Waals surface area (Å²) in [6.45, 7) is 18.7. The van der Waals surface area contributed by atoms with Gasteiger partial charge in [-0.05, 0) is 120 Å². The van der Waals surface area contributed by atoms with Gasteiger partial charge in [-0.3, -0.25) is 0 Å². The minimum atomic E-state index is 0.345. The van der Waals surface area contributed by atoms with E-state index in [-0.39, 0.29) is 0 Å².